The first-order chi connectivity index (χ1) is 10.4. The van der Waals surface area contributed by atoms with Crippen molar-refractivity contribution >= 4 is 25.8 Å². The van der Waals surface area contributed by atoms with Gasteiger partial charge in [0, 0.05) is 4.47 Å². The van der Waals surface area contributed by atoms with Gasteiger partial charge in [-0.3, -0.25) is 0 Å². The summed E-state index contributed by atoms with van der Waals surface area (Å²) in [6.07, 6.45) is -1.09. The molecule has 0 aliphatic carbocycles. The van der Waals surface area contributed by atoms with E-state index in [2.05, 4.69) is 15.9 Å². The molecule has 0 spiro atoms. The fraction of sp³-hybridized carbons (Fsp3) is 0.250. The van der Waals surface area contributed by atoms with Crippen LogP contribution in [0.3, 0.4) is 0 Å². The number of aliphatic hydroxyl groups excluding tert-OH is 1. The summed E-state index contributed by atoms with van der Waals surface area (Å²) in [6, 6.07) is 13.7. The molecule has 1 atom stereocenters. The van der Waals surface area contributed by atoms with E-state index in [9.17, 15) is 13.5 Å². The van der Waals surface area contributed by atoms with Crippen LogP contribution < -0.4 is 4.74 Å². The van der Waals surface area contributed by atoms with Crippen LogP contribution in [0, 0.1) is 6.92 Å². The van der Waals surface area contributed by atoms with Crippen molar-refractivity contribution in [3.8, 4) is 5.75 Å². The van der Waals surface area contributed by atoms with Gasteiger partial charge in [-0.15, -0.1) is 0 Å². The summed E-state index contributed by atoms with van der Waals surface area (Å²) in [5.74, 6) is 0.210. The maximum Gasteiger partial charge on any atom is 0.181 e. The topological polar surface area (TPSA) is 63.6 Å². The molecule has 2 aromatic carbocycles. The summed E-state index contributed by atoms with van der Waals surface area (Å²) in [5, 5.41) is 9.90. The van der Waals surface area contributed by atoms with Crippen molar-refractivity contribution in [2.45, 2.75) is 17.9 Å². The Morgan fingerprint density at radius 3 is 2.27 bits per heavy atom. The summed E-state index contributed by atoms with van der Waals surface area (Å²) < 4.78 is 30.7. The minimum Gasteiger partial charge on any atom is -0.491 e. The van der Waals surface area contributed by atoms with Crippen molar-refractivity contribution in [1.82, 2.24) is 0 Å². The number of rotatable bonds is 6. The number of hydrogen-bond donors (Lipinski definition) is 1. The molecule has 0 amide bonds. The second kappa shape index (κ2) is 7.26. The van der Waals surface area contributed by atoms with E-state index in [-0.39, 0.29) is 17.3 Å². The zero-order chi connectivity index (χ0) is 16.2. The molecule has 2 aromatic rings. The Balaban J connectivity index is 1.94. The Bertz CT molecular complexity index is 709. The smallest absolute Gasteiger partial charge is 0.181 e. The third-order valence-electron chi connectivity index (χ3n) is 3.05. The van der Waals surface area contributed by atoms with E-state index in [0.717, 1.165) is 10.0 Å². The van der Waals surface area contributed by atoms with Crippen molar-refractivity contribution in [3.05, 3.63) is 58.6 Å². The number of benzene rings is 2. The van der Waals surface area contributed by atoms with Gasteiger partial charge in [0.1, 0.15) is 18.5 Å². The molecular formula is C16H17BrO4S. The van der Waals surface area contributed by atoms with Crippen LogP contribution in [0.2, 0.25) is 0 Å². The van der Waals surface area contributed by atoms with Gasteiger partial charge >= 0.3 is 0 Å². The van der Waals surface area contributed by atoms with Gasteiger partial charge in [-0.2, -0.15) is 0 Å². The highest BCUT2D eigenvalue weighted by atomic mass is 79.9. The van der Waals surface area contributed by atoms with E-state index in [1.54, 1.807) is 36.4 Å². The number of aliphatic hydroxyl groups is 1. The standard InChI is InChI=1S/C16H17BrO4S/c1-12-2-8-16(9-3-12)22(19,20)11-14(18)10-21-15-6-4-13(17)5-7-15/h2-9,14,18H,10-11H2,1H3. The third-order valence-corrected chi connectivity index (χ3v) is 5.39. The first kappa shape index (κ1) is 17.0. The van der Waals surface area contributed by atoms with E-state index in [0.29, 0.717) is 5.75 Å². The van der Waals surface area contributed by atoms with Crippen LogP contribution in [0.1, 0.15) is 5.56 Å². The van der Waals surface area contributed by atoms with Crippen molar-refractivity contribution < 1.29 is 18.3 Å². The van der Waals surface area contributed by atoms with Crippen molar-refractivity contribution in [3.63, 3.8) is 0 Å². The maximum absolute atomic E-state index is 12.2. The molecular weight excluding hydrogens is 368 g/mol. The molecule has 1 N–H and O–H groups in total. The quantitative estimate of drug-likeness (QED) is 0.831. The molecule has 0 bridgehead atoms. The normalized spacial score (nSPS) is 12.9. The molecule has 6 heteroatoms. The fourth-order valence-corrected chi connectivity index (χ4v) is 3.48. The van der Waals surface area contributed by atoms with E-state index >= 15 is 0 Å². The number of sulfone groups is 1. The van der Waals surface area contributed by atoms with Gasteiger partial charge in [0.25, 0.3) is 0 Å². The second-order valence-corrected chi connectivity index (χ2v) is 7.96. The fourth-order valence-electron chi connectivity index (χ4n) is 1.87. The zero-order valence-electron chi connectivity index (χ0n) is 12.1. The van der Waals surface area contributed by atoms with Gasteiger partial charge in [0.15, 0.2) is 9.84 Å². The van der Waals surface area contributed by atoms with Crippen LogP contribution in [0.5, 0.6) is 5.75 Å². The molecule has 0 aliphatic rings. The number of hydrogen-bond acceptors (Lipinski definition) is 4. The highest BCUT2D eigenvalue weighted by Gasteiger charge is 2.20. The van der Waals surface area contributed by atoms with E-state index in [4.69, 9.17) is 4.74 Å². The molecule has 4 nitrogen and oxygen atoms in total. The van der Waals surface area contributed by atoms with Crippen molar-refractivity contribution in [2.24, 2.45) is 0 Å². The Labute approximate surface area is 138 Å². The van der Waals surface area contributed by atoms with Crippen LogP contribution in [0.4, 0.5) is 0 Å². The molecule has 0 fully saturated rings. The highest BCUT2D eigenvalue weighted by molar-refractivity contribution is 9.10. The first-order valence-corrected chi connectivity index (χ1v) is 9.17. The van der Waals surface area contributed by atoms with E-state index in [1.165, 1.54) is 0 Å². The highest BCUT2D eigenvalue weighted by Crippen LogP contribution is 2.17. The average molecular weight is 385 g/mol. The van der Waals surface area contributed by atoms with Gasteiger partial charge in [0.2, 0.25) is 0 Å². The van der Waals surface area contributed by atoms with Crippen LogP contribution in [0.25, 0.3) is 0 Å². The summed E-state index contributed by atoms with van der Waals surface area (Å²) >= 11 is 3.31. The van der Waals surface area contributed by atoms with Crippen molar-refractivity contribution in [2.75, 3.05) is 12.4 Å². The number of halogens is 1. The summed E-state index contributed by atoms with van der Waals surface area (Å²) in [7, 11) is -3.52. The molecule has 2 rings (SSSR count). The van der Waals surface area contributed by atoms with Crippen molar-refractivity contribution in [1.29, 1.82) is 0 Å². The largest absolute Gasteiger partial charge is 0.491 e. The molecule has 118 valence electrons. The monoisotopic (exact) mass is 384 g/mol. The van der Waals surface area contributed by atoms with Gasteiger partial charge < -0.3 is 9.84 Å². The lowest BCUT2D eigenvalue weighted by Gasteiger charge is -2.13. The van der Waals surface area contributed by atoms with Crippen LogP contribution in [-0.4, -0.2) is 32.0 Å². The molecule has 0 saturated carbocycles. The lowest BCUT2D eigenvalue weighted by atomic mass is 10.2. The van der Waals surface area contributed by atoms with Gasteiger partial charge in [0.05, 0.1) is 10.6 Å². The molecule has 1 unspecified atom stereocenters. The SMILES string of the molecule is Cc1ccc(S(=O)(=O)CC(O)COc2ccc(Br)cc2)cc1. The Morgan fingerprint density at radius 1 is 1.09 bits per heavy atom. The molecule has 0 aromatic heterocycles. The third kappa shape index (κ3) is 4.83. The molecule has 0 aliphatic heterocycles. The lowest BCUT2D eigenvalue weighted by Crippen LogP contribution is -2.27. The van der Waals surface area contributed by atoms with E-state index in [1.807, 2.05) is 19.1 Å². The van der Waals surface area contributed by atoms with Crippen LogP contribution >= 0.6 is 15.9 Å². The van der Waals surface area contributed by atoms with Gasteiger partial charge in [-0.1, -0.05) is 33.6 Å². The Hall–Kier alpha value is -1.37. The predicted molar refractivity (Wildman–Crippen MR) is 88.9 cm³/mol. The Morgan fingerprint density at radius 2 is 1.68 bits per heavy atom. The number of ether oxygens (including phenoxy) is 1. The van der Waals surface area contributed by atoms with Crippen LogP contribution in [0.15, 0.2) is 57.9 Å². The average Bonchev–Trinajstić information content (AvgIpc) is 2.46. The zero-order valence-corrected chi connectivity index (χ0v) is 14.5. The lowest BCUT2D eigenvalue weighted by molar-refractivity contribution is 0.125. The summed E-state index contributed by atoms with van der Waals surface area (Å²) in [4.78, 5) is 0.209. The maximum atomic E-state index is 12.2. The first-order valence-electron chi connectivity index (χ1n) is 6.73. The summed E-state index contributed by atoms with van der Waals surface area (Å²) in [6.45, 7) is 1.81. The second-order valence-electron chi connectivity index (χ2n) is 5.01. The Kier molecular flexibility index (Phi) is 5.61. The van der Waals surface area contributed by atoms with E-state index < -0.39 is 15.9 Å². The summed E-state index contributed by atoms with van der Waals surface area (Å²) in [5.41, 5.74) is 0.984. The van der Waals surface area contributed by atoms with Gasteiger partial charge in [-0.25, -0.2) is 8.42 Å². The minimum atomic E-state index is -3.52. The minimum absolute atomic E-state index is 0.0767. The number of aryl methyl sites for hydroxylation is 1. The van der Waals surface area contributed by atoms with Crippen LogP contribution in [-0.2, 0) is 9.84 Å². The molecule has 0 saturated heterocycles. The molecule has 22 heavy (non-hydrogen) atoms. The van der Waals surface area contributed by atoms with Gasteiger partial charge in [-0.05, 0) is 43.3 Å². The molecule has 0 heterocycles. The predicted octanol–water partition coefficient (Wildman–Crippen LogP) is 2.97. The molecule has 0 radical (unpaired) electrons.